The van der Waals surface area contributed by atoms with Gasteiger partial charge in [-0.25, -0.2) is 17.6 Å². The minimum absolute atomic E-state index is 0.0709. The minimum atomic E-state index is -3.04. The molecule has 1 aromatic carbocycles. The fraction of sp³-hybridized carbons (Fsp3) is 0.500. The number of hydrogen-bond donors (Lipinski definition) is 1. The van der Waals surface area contributed by atoms with Gasteiger partial charge in [-0.3, -0.25) is 4.98 Å². The van der Waals surface area contributed by atoms with Crippen LogP contribution in [-0.4, -0.2) is 43.6 Å². The van der Waals surface area contributed by atoms with Crippen LogP contribution < -0.4 is 5.32 Å². The van der Waals surface area contributed by atoms with Crippen LogP contribution in [-0.2, 0) is 14.6 Å². The number of amides is 1. The van der Waals surface area contributed by atoms with Crippen LogP contribution in [0.1, 0.15) is 38.3 Å². The maximum atomic E-state index is 13.6. The third-order valence-electron chi connectivity index (χ3n) is 8.19. The maximum absolute atomic E-state index is 13.6. The standard InChI is InChI=1S/C28H33FN2O4S/c1-2-35-28(32)31-24-9-10-25-20(14-24)12-21-16-36(33,34)17-27(21)26(25)11-8-23-7-6-19(15-30-23)18-4-3-5-22(29)13-18/h3-8,11,13,15,20-21,24-27H,2,9-10,12,14,16-17H2,1H3,(H,31,32). The molecule has 36 heavy (non-hydrogen) atoms. The number of nitrogens with zero attached hydrogens (tertiary/aromatic N) is 1. The third-order valence-corrected chi connectivity index (χ3v) is 10.0. The number of aromatic nitrogens is 1. The van der Waals surface area contributed by atoms with Crippen molar-refractivity contribution >= 4 is 22.0 Å². The van der Waals surface area contributed by atoms with Crippen molar-refractivity contribution in [3.05, 3.63) is 60.2 Å². The number of rotatable bonds is 5. The number of benzene rings is 1. The predicted octanol–water partition coefficient (Wildman–Crippen LogP) is 5.11. The van der Waals surface area contributed by atoms with E-state index in [-0.39, 0.29) is 47.2 Å². The summed E-state index contributed by atoms with van der Waals surface area (Å²) in [5.41, 5.74) is 2.42. The number of halogens is 1. The normalized spacial score (nSPS) is 30.9. The lowest BCUT2D eigenvalue weighted by Crippen LogP contribution is -2.47. The molecular formula is C28H33FN2O4S. The zero-order valence-electron chi connectivity index (χ0n) is 20.5. The second-order valence-electron chi connectivity index (χ2n) is 10.5. The molecule has 0 spiro atoms. The molecule has 2 aromatic rings. The van der Waals surface area contributed by atoms with E-state index >= 15 is 0 Å². The number of allylic oxidation sites excluding steroid dienone is 1. The summed E-state index contributed by atoms with van der Waals surface area (Å²) in [5, 5.41) is 2.99. The van der Waals surface area contributed by atoms with Crippen LogP contribution in [0.3, 0.4) is 0 Å². The molecule has 8 heteroatoms. The highest BCUT2D eigenvalue weighted by atomic mass is 32.2. The Balaban J connectivity index is 1.33. The first-order valence-electron chi connectivity index (χ1n) is 12.8. The van der Waals surface area contributed by atoms with Gasteiger partial charge < -0.3 is 10.1 Å². The smallest absolute Gasteiger partial charge is 0.407 e. The summed E-state index contributed by atoms with van der Waals surface area (Å²) in [6.07, 6.45) is 9.14. The molecule has 6 nitrogen and oxygen atoms in total. The number of pyridine rings is 1. The summed E-state index contributed by atoms with van der Waals surface area (Å²) in [6, 6.07) is 10.4. The highest BCUT2D eigenvalue weighted by Crippen LogP contribution is 2.52. The molecule has 2 saturated carbocycles. The number of nitrogens with one attached hydrogen (secondary N) is 1. The summed E-state index contributed by atoms with van der Waals surface area (Å²) in [7, 11) is -3.04. The lowest BCUT2D eigenvalue weighted by atomic mass is 9.58. The van der Waals surface area contributed by atoms with Crippen LogP contribution in [0.25, 0.3) is 17.2 Å². The number of hydrogen-bond acceptors (Lipinski definition) is 5. The topological polar surface area (TPSA) is 85.4 Å². The summed E-state index contributed by atoms with van der Waals surface area (Å²) in [5.74, 6) is 1.47. The van der Waals surface area contributed by atoms with Gasteiger partial charge in [0.2, 0.25) is 0 Å². The summed E-state index contributed by atoms with van der Waals surface area (Å²) >= 11 is 0. The molecule has 0 bridgehead atoms. The number of carbonyl (C=O) groups excluding carboxylic acids is 1. The molecule has 1 aliphatic heterocycles. The van der Waals surface area contributed by atoms with Crippen LogP contribution in [0.2, 0.25) is 0 Å². The molecular weight excluding hydrogens is 479 g/mol. The van der Waals surface area contributed by atoms with Crippen molar-refractivity contribution in [3.63, 3.8) is 0 Å². The van der Waals surface area contributed by atoms with Crippen LogP contribution in [0.4, 0.5) is 9.18 Å². The third kappa shape index (κ3) is 5.48. The van der Waals surface area contributed by atoms with Crippen molar-refractivity contribution in [2.45, 2.75) is 38.6 Å². The van der Waals surface area contributed by atoms with Gasteiger partial charge in [0.05, 0.1) is 23.8 Å². The van der Waals surface area contributed by atoms with E-state index in [1.165, 1.54) is 12.1 Å². The van der Waals surface area contributed by atoms with Gasteiger partial charge in [0.25, 0.3) is 0 Å². The van der Waals surface area contributed by atoms with Gasteiger partial charge >= 0.3 is 6.09 Å². The summed E-state index contributed by atoms with van der Waals surface area (Å²) in [6.45, 7) is 2.13. The lowest BCUT2D eigenvalue weighted by molar-refractivity contribution is 0.0455. The van der Waals surface area contributed by atoms with Crippen LogP contribution in [0, 0.1) is 35.4 Å². The summed E-state index contributed by atoms with van der Waals surface area (Å²) < 4.78 is 43.8. The first-order valence-corrected chi connectivity index (χ1v) is 14.7. The maximum Gasteiger partial charge on any atom is 0.407 e. The fourth-order valence-electron chi connectivity index (χ4n) is 6.70. The molecule has 2 aliphatic carbocycles. The molecule has 1 N–H and O–H groups in total. The van der Waals surface area contributed by atoms with Gasteiger partial charge in [-0.15, -0.1) is 0 Å². The Kier molecular flexibility index (Phi) is 7.15. The minimum Gasteiger partial charge on any atom is -0.450 e. The van der Waals surface area contributed by atoms with Crippen LogP contribution in [0.15, 0.2) is 48.7 Å². The van der Waals surface area contributed by atoms with E-state index in [0.29, 0.717) is 18.4 Å². The number of ether oxygens (including phenoxy) is 1. The van der Waals surface area contributed by atoms with Crippen molar-refractivity contribution in [1.29, 1.82) is 0 Å². The van der Waals surface area contributed by atoms with Gasteiger partial charge in [0, 0.05) is 17.8 Å². The highest BCUT2D eigenvalue weighted by Gasteiger charge is 2.51. The number of fused-ring (bicyclic) bond motifs is 2. The van der Waals surface area contributed by atoms with Gasteiger partial charge in [-0.2, -0.15) is 0 Å². The van der Waals surface area contributed by atoms with Gasteiger partial charge in [-0.05, 0) is 92.0 Å². The molecule has 2 heterocycles. The van der Waals surface area contributed by atoms with Crippen molar-refractivity contribution in [1.82, 2.24) is 10.3 Å². The monoisotopic (exact) mass is 512 g/mol. The van der Waals surface area contributed by atoms with E-state index in [4.69, 9.17) is 4.74 Å². The molecule has 192 valence electrons. The van der Waals surface area contributed by atoms with E-state index in [0.717, 1.165) is 42.5 Å². The molecule has 3 aliphatic rings. The Hall–Kier alpha value is -2.74. The van der Waals surface area contributed by atoms with E-state index in [9.17, 15) is 17.6 Å². The average Bonchev–Trinajstić information content (AvgIpc) is 3.15. The Morgan fingerprint density at radius 3 is 2.72 bits per heavy atom. The SMILES string of the molecule is CCOC(=O)NC1CCC2C(C1)CC1CS(=O)(=O)CC1C2C=Cc1ccc(-c2cccc(F)c2)cn1. The molecule has 1 amide bonds. The Morgan fingerprint density at radius 1 is 1.11 bits per heavy atom. The first kappa shape index (κ1) is 24.9. The molecule has 6 unspecified atom stereocenters. The summed E-state index contributed by atoms with van der Waals surface area (Å²) in [4.78, 5) is 16.5. The second-order valence-corrected chi connectivity index (χ2v) is 12.6. The van der Waals surface area contributed by atoms with Gasteiger partial charge in [0.15, 0.2) is 9.84 Å². The lowest BCUT2D eigenvalue weighted by Gasteiger charge is -2.48. The van der Waals surface area contributed by atoms with Gasteiger partial charge in [-0.1, -0.05) is 24.3 Å². The second kappa shape index (κ2) is 10.3. The quantitative estimate of drug-likeness (QED) is 0.602. The largest absolute Gasteiger partial charge is 0.450 e. The average molecular weight is 513 g/mol. The van der Waals surface area contributed by atoms with Gasteiger partial charge in [0.1, 0.15) is 5.82 Å². The number of alkyl carbamates (subject to hydrolysis) is 1. The zero-order valence-corrected chi connectivity index (χ0v) is 21.3. The molecule has 6 atom stereocenters. The van der Waals surface area contributed by atoms with E-state index in [1.54, 1.807) is 19.2 Å². The van der Waals surface area contributed by atoms with E-state index in [1.807, 2.05) is 24.3 Å². The van der Waals surface area contributed by atoms with Crippen LogP contribution in [0.5, 0.6) is 0 Å². The molecule has 0 radical (unpaired) electrons. The number of sulfone groups is 1. The predicted molar refractivity (Wildman–Crippen MR) is 137 cm³/mol. The van der Waals surface area contributed by atoms with Crippen molar-refractivity contribution in [2.24, 2.45) is 29.6 Å². The van der Waals surface area contributed by atoms with Crippen molar-refractivity contribution in [2.75, 3.05) is 18.1 Å². The molecule has 3 fully saturated rings. The number of carbonyl (C=O) groups is 1. The van der Waals surface area contributed by atoms with Crippen LogP contribution >= 0.6 is 0 Å². The Bertz CT molecular complexity index is 1230. The van der Waals surface area contributed by atoms with E-state index in [2.05, 4.69) is 16.4 Å². The highest BCUT2D eigenvalue weighted by molar-refractivity contribution is 7.91. The van der Waals surface area contributed by atoms with E-state index < -0.39 is 9.84 Å². The van der Waals surface area contributed by atoms with Crippen molar-refractivity contribution < 1.29 is 22.3 Å². The Labute approximate surface area is 212 Å². The first-order chi connectivity index (χ1) is 17.3. The zero-order chi connectivity index (χ0) is 25.3. The molecule has 5 rings (SSSR count). The molecule has 1 aromatic heterocycles. The Morgan fingerprint density at radius 2 is 1.97 bits per heavy atom. The molecule has 1 saturated heterocycles. The fourth-order valence-corrected chi connectivity index (χ4v) is 8.95. The van der Waals surface area contributed by atoms with Crippen molar-refractivity contribution in [3.8, 4) is 11.1 Å².